The van der Waals surface area contributed by atoms with Gasteiger partial charge in [-0.3, -0.25) is 0 Å². The fraction of sp³-hybridized carbons (Fsp3) is 0.833. The number of nitrogens with zero attached hydrogens (tertiary/aromatic N) is 2. The van der Waals surface area contributed by atoms with E-state index in [2.05, 4.69) is 16.0 Å². The molecule has 3 heteroatoms. The lowest BCUT2D eigenvalue weighted by atomic mass is 10.7. The van der Waals surface area contributed by atoms with Crippen molar-refractivity contribution in [3.05, 3.63) is 0 Å². The Balaban J connectivity index is 3.13. The summed E-state index contributed by atoms with van der Waals surface area (Å²) in [5, 5.41) is 0. The molecule has 0 radical (unpaired) electrons. The highest BCUT2D eigenvalue weighted by Gasteiger charge is 1.73. The lowest BCUT2D eigenvalue weighted by Gasteiger charge is -1.86. The molecule has 0 spiro atoms. The molecule has 0 aliphatic rings. The molecule has 0 unspecified atom stereocenters. The Labute approximate surface area is 55.5 Å². The molecule has 0 aromatic heterocycles. The van der Waals surface area contributed by atoms with Crippen LogP contribution in [-0.2, 0) is 4.74 Å². The van der Waals surface area contributed by atoms with E-state index in [9.17, 15) is 0 Å². The average Bonchev–Trinajstić information content (AvgIpc) is 1.89. The zero-order valence-electron chi connectivity index (χ0n) is 5.92. The van der Waals surface area contributed by atoms with Crippen molar-refractivity contribution in [2.24, 2.45) is 9.98 Å². The van der Waals surface area contributed by atoms with Crippen LogP contribution in [0, 0.1) is 0 Å². The first-order chi connectivity index (χ1) is 4.41. The summed E-state index contributed by atoms with van der Waals surface area (Å²) in [5.41, 5.74) is 0. The summed E-state index contributed by atoms with van der Waals surface area (Å²) in [4.78, 5) is 7.58. The van der Waals surface area contributed by atoms with Crippen LogP contribution in [0.1, 0.15) is 6.92 Å². The molecule has 0 aliphatic heterocycles. The maximum absolute atomic E-state index is 4.75. The van der Waals surface area contributed by atoms with E-state index in [-0.39, 0.29) is 0 Å². The van der Waals surface area contributed by atoms with Gasteiger partial charge in [0.15, 0.2) is 0 Å². The largest absolute Gasteiger partial charge is 0.383 e. The number of hydrogen-bond donors (Lipinski definition) is 0. The molecule has 0 heterocycles. The van der Waals surface area contributed by atoms with Crippen molar-refractivity contribution >= 4 is 6.01 Å². The highest BCUT2D eigenvalue weighted by molar-refractivity contribution is 5.40. The maximum Gasteiger partial charge on any atom is 0.0893 e. The minimum Gasteiger partial charge on any atom is -0.383 e. The standard InChI is InChI=1S/C6H12N2O/c1-3-7-6-8-4-5-9-2/h3-5H2,1-2H3. The van der Waals surface area contributed by atoms with Crippen molar-refractivity contribution in [1.82, 2.24) is 0 Å². The first-order valence-corrected chi connectivity index (χ1v) is 2.98. The molecule has 0 fully saturated rings. The molecule has 0 saturated carbocycles. The molecule has 0 aliphatic carbocycles. The molecule has 0 aromatic carbocycles. The molecule has 0 saturated heterocycles. The first-order valence-electron chi connectivity index (χ1n) is 2.98. The normalized spacial score (nSPS) is 8.22. The van der Waals surface area contributed by atoms with E-state index < -0.39 is 0 Å². The lowest BCUT2D eigenvalue weighted by Crippen LogP contribution is -1.90. The van der Waals surface area contributed by atoms with Crippen molar-refractivity contribution in [3.8, 4) is 0 Å². The predicted octanol–water partition coefficient (Wildman–Crippen LogP) is 0.827. The second-order valence-electron chi connectivity index (χ2n) is 1.45. The summed E-state index contributed by atoms with van der Waals surface area (Å²) in [7, 11) is 1.65. The highest BCUT2D eigenvalue weighted by atomic mass is 16.5. The smallest absolute Gasteiger partial charge is 0.0893 e. The molecule has 0 amide bonds. The van der Waals surface area contributed by atoms with Gasteiger partial charge in [0.1, 0.15) is 0 Å². The average molecular weight is 128 g/mol. The monoisotopic (exact) mass is 128 g/mol. The number of rotatable bonds is 4. The molecule has 9 heavy (non-hydrogen) atoms. The second kappa shape index (κ2) is 7.34. The molecule has 0 rings (SSSR count). The van der Waals surface area contributed by atoms with E-state index in [1.165, 1.54) is 0 Å². The number of methoxy groups -OCH3 is 1. The van der Waals surface area contributed by atoms with Crippen LogP contribution in [0.25, 0.3) is 0 Å². The van der Waals surface area contributed by atoms with Crippen molar-refractivity contribution < 1.29 is 4.74 Å². The Bertz CT molecular complexity index is 106. The molecule has 0 N–H and O–H groups in total. The van der Waals surface area contributed by atoms with Crippen molar-refractivity contribution in [3.63, 3.8) is 0 Å². The zero-order chi connectivity index (χ0) is 6.95. The van der Waals surface area contributed by atoms with Crippen LogP contribution in [0.3, 0.4) is 0 Å². The molecule has 0 atom stereocenters. The van der Waals surface area contributed by atoms with Gasteiger partial charge in [-0.05, 0) is 6.92 Å². The van der Waals surface area contributed by atoms with Crippen LogP contribution in [0.2, 0.25) is 0 Å². The first kappa shape index (κ1) is 8.34. The van der Waals surface area contributed by atoms with Crippen molar-refractivity contribution in [1.29, 1.82) is 0 Å². The summed E-state index contributed by atoms with van der Waals surface area (Å²) >= 11 is 0. The van der Waals surface area contributed by atoms with Crippen LogP contribution >= 0.6 is 0 Å². The Hall–Kier alpha value is -0.660. The van der Waals surface area contributed by atoms with Gasteiger partial charge >= 0.3 is 0 Å². The SMILES string of the molecule is CCN=C=NCCOC. The molecular formula is C6H12N2O. The van der Waals surface area contributed by atoms with Crippen molar-refractivity contribution in [2.45, 2.75) is 6.92 Å². The summed E-state index contributed by atoms with van der Waals surface area (Å²) in [6.07, 6.45) is 0. The Kier molecular flexibility index (Phi) is 6.80. The van der Waals surface area contributed by atoms with Gasteiger partial charge in [0.25, 0.3) is 0 Å². The molecular weight excluding hydrogens is 116 g/mol. The van der Waals surface area contributed by atoms with Crippen LogP contribution < -0.4 is 0 Å². The number of hydrogen-bond acceptors (Lipinski definition) is 3. The van der Waals surface area contributed by atoms with E-state index >= 15 is 0 Å². The lowest BCUT2D eigenvalue weighted by molar-refractivity contribution is 0.208. The number of ether oxygens (including phenoxy) is 1. The zero-order valence-corrected chi connectivity index (χ0v) is 5.92. The molecule has 3 nitrogen and oxygen atoms in total. The van der Waals surface area contributed by atoms with Gasteiger partial charge in [-0.25, -0.2) is 9.98 Å². The fourth-order valence-corrected chi connectivity index (χ4v) is 0.308. The summed E-state index contributed by atoms with van der Waals surface area (Å²) in [6, 6.07) is 2.54. The van der Waals surface area contributed by atoms with Gasteiger partial charge in [-0.2, -0.15) is 0 Å². The van der Waals surface area contributed by atoms with Crippen LogP contribution in [-0.4, -0.2) is 32.8 Å². The van der Waals surface area contributed by atoms with Gasteiger partial charge in [-0.15, -0.1) is 0 Å². The summed E-state index contributed by atoms with van der Waals surface area (Å²) < 4.78 is 4.75. The van der Waals surface area contributed by atoms with E-state index in [1.54, 1.807) is 7.11 Å². The van der Waals surface area contributed by atoms with Gasteiger partial charge in [0.2, 0.25) is 0 Å². The molecule has 0 bridgehead atoms. The number of aliphatic imine (C=N–C) groups is 2. The van der Waals surface area contributed by atoms with Gasteiger partial charge < -0.3 is 4.74 Å². The summed E-state index contributed by atoms with van der Waals surface area (Å²) in [6.45, 7) is 3.99. The van der Waals surface area contributed by atoms with E-state index in [0.717, 1.165) is 6.54 Å². The Morgan fingerprint density at radius 1 is 1.44 bits per heavy atom. The third-order valence-corrected chi connectivity index (χ3v) is 0.707. The van der Waals surface area contributed by atoms with Gasteiger partial charge in [0.05, 0.1) is 19.2 Å². The topological polar surface area (TPSA) is 34.0 Å². The minimum absolute atomic E-state index is 0.645. The third kappa shape index (κ3) is 7.34. The molecule has 0 aromatic rings. The van der Waals surface area contributed by atoms with Crippen LogP contribution in [0.5, 0.6) is 0 Å². The van der Waals surface area contributed by atoms with E-state index in [0.29, 0.717) is 13.2 Å². The van der Waals surface area contributed by atoms with E-state index in [4.69, 9.17) is 4.74 Å². The predicted molar refractivity (Wildman–Crippen MR) is 37.1 cm³/mol. The Morgan fingerprint density at radius 2 is 2.22 bits per heavy atom. The highest BCUT2D eigenvalue weighted by Crippen LogP contribution is 1.68. The van der Waals surface area contributed by atoms with Crippen LogP contribution in [0.4, 0.5) is 0 Å². The van der Waals surface area contributed by atoms with Crippen LogP contribution in [0.15, 0.2) is 9.98 Å². The fourth-order valence-electron chi connectivity index (χ4n) is 0.308. The quantitative estimate of drug-likeness (QED) is 0.408. The third-order valence-electron chi connectivity index (χ3n) is 0.707. The molecule has 52 valence electrons. The Morgan fingerprint density at radius 3 is 2.78 bits per heavy atom. The van der Waals surface area contributed by atoms with Gasteiger partial charge in [-0.1, -0.05) is 0 Å². The maximum atomic E-state index is 4.75. The summed E-state index contributed by atoms with van der Waals surface area (Å²) in [5.74, 6) is 0. The van der Waals surface area contributed by atoms with E-state index in [1.807, 2.05) is 6.92 Å². The second-order valence-corrected chi connectivity index (χ2v) is 1.45. The van der Waals surface area contributed by atoms with Crippen molar-refractivity contribution in [2.75, 3.05) is 26.8 Å². The van der Waals surface area contributed by atoms with Gasteiger partial charge in [0, 0.05) is 13.7 Å². The minimum atomic E-state index is 0.645.